The summed E-state index contributed by atoms with van der Waals surface area (Å²) in [5.41, 5.74) is 4.85. The number of halogens is 1. The van der Waals surface area contributed by atoms with Gasteiger partial charge in [0.15, 0.2) is 0 Å². The Kier molecular flexibility index (Phi) is 6.73. The number of nitro groups is 1. The second-order valence-electron chi connectivity index (χ2n) is 11.1. The van der Waals surface area contributed by atoms with E-state index in [1.54, 1.807) is 18.2 Å². The highest BCUT2D eigenvalue weighted by atomic mass is 35.5. The van der Waals surface area contributed by atoms with Crippen molar-refractivity contribution < 1.29 is 4.92 Å². The second-order valence-corrected chi connectivity index (χ2v) is 11.5. The van der Waals surface area contributed by atoms with Gasteiger partial charge in [-0.1, -0.05) is 98.2 Å². The minimum absolute atomic E-state index is 0.0752. The van der Waals surface area contributed by atoms with Crippen LogP contribution in [-0.2, 0) is 11.8 Å². The Morgan fingerprint density at radius 2 is 1.55 bits per heavy atom. The van der Waals surface area contributed by atoms with Gasteiger partial charge in [0.25, 0.3) is 5.69 Å². The van der Waals surface area contributed by atoms with E-state index in [1.807, 2.05) is 42.6 Å². The van der Waals surface area contributed by atoms with E-state index in [9.17, 15) is 10.1 Å². The van der Waals surface area contributed by atoms with Crippen LogP contribution in [0.3, 0.4) is 0 Å². The summed E-state index contributed by atoms with van der Waals surface area (Å²) in [4.78, 5) is 15.1. The number of pyridine rings is 1. The fourth-order valence-electron chi connectivity index (χ4n) is 6.35. The molecule has 0 fully saturated rings. The zero-order valence-corrected chi connectivity index (χ0v) is 23.2. The van der Waals surface area contributed by atoms with Gasteiger partial charge in [-0.15, -0.1) is 0 Å². The minimum Gasteiger partial charge on any atom is -0.258 e. The third-order valence-corrected chi connectivity index (χ3v) is 8.35. The molecule has 5 aromatic carbocycles. The first-order chi connectivity index (χ1) is 19.3. The van der Waals surface area contributed by atoms with Crippen molar-refractivity contribution in [2.24, 2.45) is 0 Å². The van der Waals surface area contributed by atoms with Gasteiger partial charge in [0.1, 0.15) is 0 Å². The Balaban J connectivity index is 0.000000242. The minimum atomic E-state index is -0.313. The number of rotatable bonds is 2. The van der Waals surface area contributed by atoms with Crippen molar-refractivity contribution in [2.75, 3.05) is 0 Å². The fraction of sp³-hybridized carbons (Fsp3) is 0.171. The monoisotopic (exact) mass is 544 g/mol. The van der Waals surface area contributed by atoms with Gasteiger partial charge in [-0.2, -0.15) is 0 Å². The molecule has 0 bridgehead atoms. The second kappa shape index (κ2) is 10.4. The molecule has 198 valence electrons. The van der Waals surface area contributed by atoms with Crippen LogP contribution in [0.25, 0.3) is 32.4 Å². The van der Waals surface area contributed by atoms with Crippen molar-refractivity contribution in [3.63, 3.8) is 0 Å². The molecule has 0 aliphatic heterocycles. The first-order valence-electron chi connectivity index (χ1n) is 13.5. The molecule has 6 aromatic rings. The van der Waals surface area contributed by atoms with E-state index in [2.05, 4.69) is 67.4 Å². The van der Waals surface area contributed by atoms with E-state index in [1.165, 1.54) is 32.7 Å². The number of fused-ring (bicyclic) bond motifs is 6. The van der Waals surface area contributed by atoms with Crippen molar-refractivity contribution >= 4 is 49.7 Å². The van der Waals surface area contributed by atoms with Gasteiger partial charge in [0.05, 0.1) is 10.4 Å². The molecule has 0 amide bonds. The van der Waals surface area contributed by atoms with Gasteiger partial charge in [0, 0.05) is 34.1 Å². The van der Waals surface area contributed by atoms with E-state index in [4.69, 9.17) is 11.6 Å². The van der Waals surface area contributed by atoms with Crippen molar-refractivity contribution in [2.45, 2.75) is 38.0 Å². The lowest BCUT2D eigenvalue weighted by Crippen LogP contribution is -2.29. The van der Waals surface area contributed by atoms with Gasteiger partial charge >= 0.3 is 0 Å². The highest BCUT2D eigenvalue weighted by molar-refractivity contribution is 6.37. The normalized spacial score (nSPS) is 15.8. The molecule has 1 heterocycles. The SMILES string of the molecule is CC1(C)CC(c2cccc([N+](=O)[O-])c2)Cc2ccc3c(cc(Cl)c4ccccc43)c21.c1ccc2ncccc2c1. The first-order valence-corrected chi connectivity index (χ1v) is 13.9. The van der Waals surface area contributed by atoms with Crippen molar-refractivity contribution in [3.05, 3.63) is 141 Å². The third kappa shape index (κ3) is 4.80. The highest BCUT2D eigenvalue weighted by Crippen LogP contribution is 2.48. The summed E-state index contributed by atoms with van der Waals surface area (Å²) in [7, 11) is 0. The van der Waals surface area contributed by atoms with E-state index < -0.39 is 0 Å². The summed E-state index contributed by atoms with van der Waals surface area (Å²) >= 11 is 6.68. The van der Waals surface area contributed by atoms with Crippen LogP contribution >= 0.6 is 11.6 Å². The Morgan fingerprint density at radius 1 is 0.825 bits per heavy atom. The van der Waals surface area contributed by atoms with Crippen LogP contribution in [0.1, 0.15) is 42.9 Å². The smallest absolute Gasteiger partial charge is 0.258 e. The number of hydrogen-bond acceptors (Lipinski definition) is 3. The van der Waals surface area contributed by atoms with Crippen LogP contribution in [-0.4, -0.2) is 9.91 Å². The standard InChI is InChI=1S/C26H22ClNO2.C9H7N/c1-26(2)15-18(16-6-5-7-19(13-16)28(29)30)12-17-10-11-21-20-8-3-4-9-22(20)24(27)14-23(21)25(17)26;1-2-6-9-8(4-1)5-3-7-10-9/h3-11,13-14,18H,12,15H2,1-2H3;1-7H. The Bertz CT molecular complexity index is 1830. The van der Waals surface area contributed by atoms with Gasteiger partial charge in [0.2, 0.25) is 0 Å². The first kappa shape index (κ1) is 26.0. The maximum atomic E-state index is 11.2. The number of non-ortho nitro benzene ring substituents is 1. The van der Waals surface area contributed by atoms with Crippen LogP contribution in [0.5, 0.6) is 0 Å². The number of para-hydroxylation sites is 1. The summed E-state index contributed by atoms with van der Waals surface area (Å²) in [5, 5.41) is 17.9. The summed E-state index contributed by atoms with van der Waals surface area (Å²) in [6, 6.07) is 34.0. The van der Waals surface area contributed by atoms with E-state index in [0.29, 0.717) is 0 Å². The summed E-state index contributed by atoms with van der Waals surface area (Å²) < 4.78 is 0. The maximum absolute atomic E-state index is 11.2. The Labute approximate surface area is 238 Å². The largest absolute Gasteiger partial charge is 0.269 e. The van der Waals surface area contributed by atoms with Crippen LogP contribution in [0, 0.1) is 10.1 Å². The van der Waals surface area contributed by atoms with Crippen LogP contribution < -0.4 is 0 Å². The van der Waals surface area contributed by atoms with Crippen LogP contribution in [0.4, 0.5) is 5.69 Å². The average Bonchev–Trinajstić information content (AvgIpc) is 2.97. The third-order valence-electron chi connectivity index (χ3n) is 8.04. The van der Waals surface area contributed by atoms with Crippen molar-refractivity contribution in [3.8, 4) is 0 Å². The molecule has 0 N–H and O–H groups in total. The fourth-order valence-corrected chi connectivity index (χ4v) is 6.62. The molecule has 4 nitrogen and oxygen atoms in total. The molecule has 1 unspecified atom stereocenters. The van der Waals surface area contributed by atoms with Gasteiger partial charge < -0.3 is 0 Å². The summed E-state index contributed by atoms with van der Waals surface area (Å²) in [6.45, 7) is 4.55. The topological polar surface area (TPSA) is 56.0 Å². The lowest BCUT2D eigenvalue weighted by atomic mass is 9.65. The number of hydrogen-bond donors (Lipinski definition) is 0. The molecule has 7 rings (SSSR count). The molecule has 0 saturated heterocycles. The number of nitrogens with zero attached hydrogens (tertiary/aromatic N) is 2. The molecular formula is C35H29ClN2O2. The van der Waals surface area contributed by atoms with Crippen molar-refractivity contribution in [1.82, 2.24) is 4.98 Å². The zero-order chi connectivity index (χ0) is 27.9. The zero-order valence-electron chi connectivity index (χ0n) is 22.5. The molecule has 1 aromatic heterocycles. The number of aromatic nitrogens is 1. The van der Waals surface area contributed by atoms with Crippen LogP contribution in [0.2, 0.25) is 5.02 Å². The molecule has 1 aliphatic rings. The summed E-state index contributed by atoms with van der Waals surface area (Å²) in [5.74, 6) is 0.251. The average molecular weight is 545 g/mol. The molecule has 0 radical (unpaired) electrons. The number of nitro benzene ring substituents is 1. The van der Waals surface area contributed by atoms with Crippen molar-refractivity contribution in [1.29, 1.82) is 0 Å². The predicted molar refractivity (Wildman–Crippen MR) is 165 cm³/mol. The molecule has 1 atom stereocenters. The quantitative estimate of drug-likeness (QED) is 0.124. The maximum Gasteiger partial charge on any atom is 0.269 e. The van der Waals surface area contributed by atoms with Crippen LogP contribution in [0.15, 0.2) is 109 Å². The summed E-state index contributed by atoms with van der Waals surface area (Å²) in [6.07, 6.45) is 3.62. The molecule has 0 saturated carbocycles. The molecule has 1 aliphatic carbocycles. The molecule has 5 heteroatoms. The molecular weight excluding hydrogens is 516 g/mol. The lowest BCUT2D eigenvalue weighted by Gasteiger charge is -2.39. The van der Waals surface area contributed by atoms with Gasteiger partial charge in [-0.3, -0.25) is 15.1 Å². The van der Waals surface area contributed by atoms with E-state index >= 15 is 0 Å². The lowest BCUT2D eigenvalue weighted by molar-refractivity contribution is -0.384. The molecule has 40 heavy (non-hydrogen) atoms. The number of benzene rings is 5. The van der Waals surface area contributed by atoms with E-state index in [0.717, 1.165) is 34.3 Å². The molecule has 0 spiro atoms. The van der Waals surface area contributed by atoms with E-state index in [-0.39, 0.29) is 21.9 Å². The Hall–Kier alpha value is -4.28. The predicted octanol–water partition coefficient (Wildman–Crippen LogP) is 9.80. The van der Waals surface area contributed by atoms with Gasteiger partial charge in [-0.25, -0.2) is 0 Å². The van der Waals surface area contributed by atoms with Gasteiger partial charge in [-0.05, 0) is 75.2 Å². The highest BCUT2D eigenvalue weighted by Gasteiger charge is 2.35. The Morgan fingerprint density at radius 3 is 2.35 bits per heavy atom.